The van der Waals surface area contributed by atoms with Crippen LogP contribution in [0.5, 0.6) is 0 Å². The van der Waals surface area contributed by atoms with Gasteiger partial charge in [0, 0.05) is 21.7 Å². The molecule has 6 heteroatoms. The van der Waals surface area contributed by atoms with Gasteiger partial charge < -0.3 is 5.32 Å². The summed E-state index contributed by atoms with van der Waals surface area (Å²) >= 11 is 8.89. The number of carbonyl (C=O) groups excluding carboxylic acids is 1. The van der Waals surface area contributed by atoms with Crippen LogP contribution in [0.4, 0.5) is 5.69 Å². The SMILES string of the molecule is CCc1ccc(NC(=O)CSc2nc(-c3ccc(Cl)cc3)cs2)cc1. The first kappa shape index (κ1) is 18.0. The number of aryl methyl sites for hydroxylation is 1. The minimum Gasteiger partial charge on any atom is -0.325 e. The second kappa shape index (κ2) is 8.52. The molecule has 3 rings (SSSR count). The number of hydrogen-bond donors (Lipinski definition) is 1. The molecule has 25 heavy (non-hydrogen) atoms. The van der Waals surface area contributed by atoms with E-state index in [2.05, 4.69) is 17.2 Å². The Hall–Kier alpha value is -1.82. The summed E-state index contributed by atoms with van der Waals surface area (Å²) in [7, 11) is 0. The third-order valence-corrected chi connectivity index (χ3v) is 5.87. The zero-order valence-electron chi connectivity index (χ0n) is 13.7. The van der Waals surface area contributed by atoms with Crippen LogP contribution >= 0.6 is 34.7 Å². The van der Waals surface area contributed by atoms with Crippen LogP contribution in [0, 0.1) is 0 Å². The largest absolute Gasteiger partial charge is 0.325 e. The van der Waals surface area contributed by atoms with Gasteiger partial charge in [0.05, 0.1) is 11.4 Å². The second-order valence-electron chi connectivity index (χ2n) is 5.39. The third kappa shape index (κ3) is 5.08. The van der Waals surface area contributed by atoms with Gasteiger partial charge in [-0.15, -0.1) is 11.3 Å². The highest BCUT2D eigenvalue weighted by molar-refractivity contribution is 8.01. The van der Waals surface area contributed by atoms with Crippen molar-refractivity contribution in [2.45, 2.75) is 17.7 Å². The van der Waals surface area contributed by atoms with E-state index in [1.807, 2.05) is 53.9 Å². The molecule has 2 aromatic carbocycles. The zero-order valence-corrected chi connectivity index (χ0v) is 16.0. The molecular formula is C19H17ClN2OS2. The van der Waals surface area contributed by atoms with E-state index in [-0.39, 0.29) is 5.91 Å². The highest BCUT2D eigenvalue weighted by Crippen LogP contribution is 2.29. The lowest BCUT2D eigenvalue weighted by Gasteiger charge is -2.05. The number of thiazole rings is 1. The second-order valence-corrected chi connectivity index (χ2v) is 7.91. The van der Waals surface area contributed by atoms with Crippen molar-refractivity contribution in [3.05, 3.63) is 64.5 Å². The first-order valence-corrected chi connectivity index (χ1v) is 10.1. The first-order valence-electron chi connectivity index (χ1n) is 7.87. The molecule has 1 amide bonds. The molecule has 3 nitrogen and oxygen atoms in total. The zero-order chi connectivity index (χ0) is 17.6. The molecule has 0 fully saturated rings. The Bertz CT molecular complexity index is 845. The topological polar surface area (TPSA) is 42.0 Å². The Labute approximate surface area is 160 Å². The van der Waals surface area contributed by atoms with Crippen LogP contribution in [0.25, 0.3) is 11.3 Å². The Balaban J connectivity index is 1.54. The molecule has 0 saturated heterocycles. The minimum absolute atomic E-state index is 0.0301. The maximum Gasteiger partial charge on any atom is 0.234 e. The number of aromatic nitrogens is 1. The Morgan fingerprint density at radius 3 is 2.56 bits per heavy atom. The number of nitrogens with zero attached hydrogens (tertiary/aromatic N) is 1. The molecule has 0 bridgehead atoms. The van der Waals surface area contributed by atoms with Gasteiger partial charge in [-0.1, -0.05) is 54.6 Å². The fraction of sp³-hybridized carbons (Fsp3) is 0.158. The van der Waals surface area contributed by atoms with Gasteiger partial charge >= 0.3 is 0 Å². The predicted molar refractivity (Wildman–Crippen MR) is 108 cm³/mol. The highest BCUT2D eigenvalue weighted by Gasteiger charge is 2.08. The number of thioether (sulfide) groups is 1. The van der Waals surface area contributed by atoms with Crippen LogP contribution in [0.1, 0.15) is 12.5 Å². The van der Waals surface area contributed by atoms with Gasteiger partial charge in [0.15, 0.2) is 4.34 Å². The maximum atomic E-state index is 12.1. The van der Waals surface area contributed by atoms with E-state index in [1.54, 1.807) is 11.3 Å². The fourth-order valence-corrected chi connectivity index (χ4v) is 3.99. The fourth-order valence-electron chi connectivity index (χ4n) is 2.22. The average Bonchev–Trinajstić information content (AvgIpc) is 3.10. The monoisotopic (exact) mass is 388 g/mol. The molecule has 128 valence electrons. The number of nitrogens with one attached hydrogen (secondary N) is 1. The van der Waals surface area contributed by atoms with Crippen molar-refractivity contribution in [2.24, 2.45) is 0 Å². The third-order valence-electron chi connectivity index (χ3n) is 3.60. The quantitative estimate of drug-likeness (QED) is 0.546. The van der Waals surface area contributed by atoms with Gasteiger partial charge in [-0.3, -0.25) is 4.79 Å². The standard InChI is InChI=1S/C19H17ClN2OS2/c1-2-13-3-9-16(10-4-13)21-18(23)12-25-19-22-17(11-24-19)14-5-7-15(20)8-6-14/h3-11H,2,12H2,1H3,(H,21,23). The van der Waals surface area contributed by atoms with Crippen LogP contribution < -0.4 is 5.32 Å². The van der Waals surface area contributed by atoms with Crippen molar-refractivity contribution < 1.29 is 4.79 Å². The number of rotatable bonds is 6. The lowest BCUT2D eigenvalue weighted by Crippen LogP contribution is -2.13. The average molecular weight is 389 g/mol. The summed E-state index contributed by atoms with van der Waals surface area (Å²) in [6, 6.07) is 15.5. The molecule has 3 aromatic rings. The van der Waals surface area contributed by atoms with E-state index < -0.39 is 0 Å². The smallest absolute Gasteiger partial charge is 0.234 e. The predicted octanol–water partition coefficient (Wildman–Crippen LogP) is 5.76. The molecule has 0 spiro atoms. The van der Waals surface area contributed by atoms with Crippen molar-refractivity contribution >= 4 is 46.3 Å². The van der Waals surface area contributed by atoms with Gasteiger partial charge in [0.1, 0.15) is 0 Å². The molecule has 1 heterocycles. The van der Waals surface area contributed by atoms with Gasteiger partial charge in [0.2, 0.25) is 5.91 Å². The summed E-state index contributed by atoms with van der Waals surface area (Å²) in [4.78, 5) is 16.7. The van der Waals surface area contributed by atoms with E-state index in [4.69, 9.17) is 11.6 Å². The summed E-state index contributed by atoms with van der Waals surface area (Å²) in [6.07, 6.45) is 0.990. The van der Waals surface area contributed by atoms with Crippen LogP contribution in [0.3, 0.4) is 0 Å². The van der Waals surface area contributed by atoms with E-state index in [1.165, 1.54) is 17.3 Å². The van der Waals surface area contributed by atoms with E-state index >= 15 is 0 Å². The normalized spacial score (nSPS) is 10.6. The van der Waals surface area contributed by atoms with Crippen molar-refractivity contribution in [2.75, 3.05) is 11.1 Å². The summed E-state index contributed by atoms with van der Waals surface area (Å²) in [5.74, 6) is 0.306. The number of halogens is 1. The van der Waals surface area contributed by atoms with Gasteiger partial charge in [-0.25, -0.2) is 4.98 Å². The number of carbonyl (C=O) groups is 1. The number of benzene rings is 2. The first-order chi connectivity index (χ1) is 12.1. The molecule has 0 unspecified atom stereocenters. The molecule has 0 atom stereocenters. The summed E-state index contributed by atoms with van der Waals surface area (Å²) < 4.78 is 0.876. The number of amides is 1. The van der Waals surface area contributed by atoms with E-state index in [9.17, 15) is 4.79 Å². The van der Waals surface area contributed by atoms with Crippen molar-refractivity contribution in [1.82, 2.24) is 4.98 Å². The van der Waals surface area contributed by atoms with Crippen LogP contribution in [0.2, 0.25) is 5.02 Å². The van der Waals surface area contributed by atoms with E-state index in [0.29, 0.717) is 10.8 Å². The molecule has 0 aliphatic rings. The number of anilines is 1. The van der Waals surface area contributed by atoms with E-state index in [0.717, 1.165) is 27.7 Å². The minimum atomic E-state index is -0.0301. The van der Waals surface area contributed by atoms with Crippen molar-refractivity contribution in [3.63, 3.8) is 0 Å². The van der Waals surface area contributed by atoms with Crippen molar-refractivity contribution in [1.29, 1.82) is 0 Å². The summed E-state index contributed by atoms with van der Waals surface area (Å²) in [5, 5.41) is 5.61. The summed E-state index contributed by atoms with van der Waals surface area (Å²) in [5.41, 5.74) is 4.00. The Morgan fingerprint density at radius 1 is 1.16 bits per heavy atom. The molecule has 1 N–H and O–H groups in total. The Kier molecular flexibility index (Phi) is 6.13. The summed E-state index contributed by atoms with van der Waals surface area (Å²) in [6.45, 7) is 2.11. The van der Waals surface area contributed by atoms with Gasteiger partial charge in [-0.2, -0.15) is 0 Å². The number of hydrogen-bond acceptors (Lipinski definition) is 4. The molecule has 0 aliphatic heterocycles. The maximum absolute atomic E-state index is 12.1. The molecular weight excluding hydrogens is 372 g/mol. The highest BCUT2D eigenvalue weighted by atomic mass is 35.5. The van der Waals surface area contributed by atoms with Crippen molar-refractivity contribution in [3.8, 4) is 11.3 Å². The lowest BCUT2D eigenvalue weighted by molar-refractivity contribution is -0.113. The molecule has 0 radical (unpaired) electrons. The van der Waals surface area contributed by atoms with Crippen LogP contribution in [0.15, 0.2) is 58.3 Å². The molecule has 0 aliphatic carbocycles. The van der Waals surface area contributed by atoms with Gasteiger partial charge in [0.25, 0.3) is 0 Å². The Morgan fingerprint density at radius 2 is 1.88 bits per heavy atom. The lowest BCUT2D eigenvalue weighted by atomic mass is 10.1. The molecule has 0 saturated carbocycles. The van der Waals surface area contributed by atoms with Crippen LogP contribution in [-0.2, 0) is 11.2 Å². The molecule has 1 aromatic heterocycles. The van der Waals surface area contributed by atoms with Gasteiger partial charge in [-0.05, 0) is 36.2 Å². The van der Waals surface area contributed by atoms with Crippen LogP contribution in [-0.4, -0.2) is 16.6 Å².